The molecule has 20 heavy (non-hydrogen) atoms. The maximum atomic E-state index is 12.2. The second-order valence-electron chi connectivity index (χ2n) is 4.23. The fraction of sp³-hybridized carbons (Fsp3) is 0.231. The molecule has 7 heteroatoms. The van der Waals surface area contributed by atoms with E-state index in [1.165, 1.54) is 13.1 Å². The molecule has 0 unspecified atom stereocenters. The number of hydrogen-bond donors (Lipinski definition) is 2. The number of anilines is 2. The van der Waals surface area contributed by atoms with E-state index in [-0.39, 0.29) is 17.6 Å². The van der Waals surface area contributed by atoms with E-state index in [1.807, 2.05) is 0 Å². The quantitative estimate of drug-likeness (QED) is 0.890. The van der Waals surface area contributed by atoms with Crippen molar-refractivity contribution in [3.8, 4) is 0 Å². The lowest BCUT2D eigenvalue weighted by Crippen LogP contribution is -2.17. The fourth-order valence-corrected chi connectivity index (χ4v) is 1.77. The molecule has 0 bridgehead atoms. The number of amides is 2. The summed E-state index contributed by atoms with van der Waals surface area (Å²) in [6.07, 6.45) is 1.52. The van der Waals surface area contributed by atoms with Crippen LogP contribution in [0.2, 0.25) is 0 Å². The first kappa shape index (κ1) is 13.7. The Labute approximate surface area is 115 Å². The zero-order valence-corrected chi connectivity index (χ0v) is 11.4. The molecule has 0 aliphatic carbocycles. The van der Waals surface area contributed by atoms with Gasteiger partial charge in [-0.3, -0.25) is 9.59 Å². The predicted octanol–water partition coefficient (Wildman–Crippen LogP) is 1.90. The van der Waals surface area contributed by atoms with Gasteiger partial charge in [0, 0.05) is 13.1 Å². The Balaban J connectivity index is 2.26. The van der Waals surface area contributed by atoms with Crippen molar-refractivity contribution in [2.24, 2.45) is 0 Å². The van der Waals surface area contributed by atoms with Gasteiger partial charge in [-0.25, -0.2) is 4.98 Å². The summed E-state index contributed by atoms with van der Waals surface area (Å²) in [5.74, 6) is 0.0714. The third-order valence-corrected chi connectivity index (χ3v) is 2.61. The highest BCUT2D eigenvalue weighted by molar-refractivity contribution is 6.07. The Kier molecular flexibility index (Phi) is 3.79. The summed E-state index contributed by atoms with van der Waals surface area (Å²) >= 11 is 0. The van der Waals surface area contributed by atoms with Crippen LogP contribution in [0.3, 0.4) is 0 Å². The second kappa shape index (κ2) is 5.52. The molecule has 7 nitrogen and oxygen atoms in total. The van der Waals surface area contributed by atoms with Crippen LogP contribution in [0.15, 0.2) is 22.9 Å². The molecular weight excluding hydrogens is 260 g/mol. The molecule has 2 aromatic rings. The maximum Gasteiger partial charge on any atom is 0.262 e. The van der Waals surface area contributed by atoms with Crippen LogP contribution < -0.4 is 10.6 Å². The largest absolute Gasteiger partial charge is 0.361 e. The minimum absolute atomic E-state index is 0.245. The maximum absolute atomic E-state index is 12.2. The molecule has 0 spiro atoms. The van der Waals surface area contributed by atoms with E-state index in [1.54, 1.807) is 26.0 Å². The number of rotatable bonds is 3. The zero-order valence-electron chi connectivity index (χ0n) is 11.4. The van der Waals surface area contributed by atoms with E-state index in [2.05, 4.69) is 20.8 Å². The van der Waals surface area contributed by atoms with Gasteiger partial charge in [-0.05, 0) is 26.0 Å². The molecule has 0 radical (unpaired) electrons. The average molecular weight is 274 g/mol. The van der Waals surface area contributed by atoms with E-state index in [0.717, 1.165) is 0 Å². The number of pyridine rings is 1. The lowest BCUT2D eigenvalue weighted by Gasteiger charge is -2.09. The number of carbonyl (C=O) groups is 2. The molecule has 0 aliphatic rings. The van der Waals surface area contributed by atoms with Gasteiger partial charge in [-0.1, -0.05) is 5.16 Å². The van der Waals surface area contributed by atoms with Gasteiger partial charge in [0.15, 0.2) is 5.82 Å². The molecule has 2 aromatic heterocycles. The minimum atomic E-state index is -0.383. The molecule has 2 N–H and O–H groups in total. The smallest absolute Gasteiger partial charge is 0.262 e. The van der Waals surface area contributed by atoms with Crippen molar-refractivity contribution in [2.45, 2.75) is 20.8 Å². The van der Waals surface area contributed by atoms with Crippen LogP contribution in [0.25, 0.3) is 0 Å². The van der Waals surface area contributed by atoms with E-state index in [0.29, 0.717) is 22.7 Å². The highest BCUT2D eigenvalue weighted by Crippen LogP contribution is 2.20. The Hall–Kier alpha value is -2.70. The number of nitrogens with zero attached hydrogens (tertiary/aromatic N) is 2. The van der Waals surface area contributed by atoms with Gasteiger partial charge in [0.25, 0.3) is 5.91 Å². The molecule has 0 aromatic carbocycles. The molecule has 0 atom stereocenters. The normalized spacial score (nSPS) is 10.2. The van der Waals surface area contributed by atoms with Gasteiger partial charge in [0.05, 0.1) is 11.4 Å². The van der Waals surface area contributed by atoms with E-state index < -0.39 is 0 Å². The van der Waals surface area contributed by atoms with Crippen molar-refractivity contribution in [3.63, 3.8) is 0 Å². The van der Waals surface area contributed by atoms with Crippen LogP contribution in [-0.4, -0.2) is 22.0 Å². The molecule has 0 fully saturated rings. The standard InChI is InChI=1S/C13H14N4O3/c1-7-11(8(2)20-17-7)13(19)16-12-10(15-9(3)18)5-4-6-14-12/h4-6H,1-3H3,(H,15,18)(H,14,16,19). The van der Waals surface area contributed by atoms with Gasteiger partial charge in [0.1, 0.15) is 11.3 Å². The van der Waals surface area contributed by atoms with Crippen molar-refractivity contribution in [2.75, 3.05) is 10.6 Å². The van der Waals surface area contributed by atoms with Crippen LogP contribution in [0.4, 0.5) is 11.5 Å². The summed E-state index contributed by atoms with van der Waals surface area (Å²) in [6, 6.07) is 3.31. The first-order valence-corrected chi connectivity index (χ1v) is 5.96. The zero-order chi connectivity index (χ0) is 14.7. The van der Waals surface area contributed by atoms with Crippen molar-refractivity contribution in [1.29, 1.82) is 0 Å². The summed E-state index contributed by atoms with van der Waals surface area (Å²) in [7, 11) is 0. The van der Waals surface area contributed by atoms with Crippen molar-refractivity contribution < 1.29 is 14.1 Å². The molecule has 2 rings (SSSR count). The van der Waals surface area contributed by atoms with E-state index in [9.17, 15) is 9.59 Å². The number of carbonyl (C=O) groups excluding carboxylic acids is 2. The van der Waals surface area contributed by atoms with Crippen LogP contribution >= 0.6 is 0 Å². The molecule has 0 saturated heterocycles. The Morgan fingerprint density at radius 3 is 2.60 bits per heavy atom. The Bertz CT molecular complexity index is 644. The van der Waals surface area contributed by atoms with E-state index in [4.69, 9.17) is 4.52 Å². The number of nitrogens with one attached hydrogen (secondary N) is 2. The molecule has 0 aliphatic heterocycles. The summed E-state index contributed by atoms with van der Waals surface area (Å²) in [6.45, 7) is 4.72. The molecular formula is C13H14N4O3. The fourth-order valence-electron chi connectivity index (χ4n) is 1.77. The summed E-state index contributed by atoms with van der Waals surface area (Å²) < 4.78 is 4.95. The SMILES string of the molecule is CC(=O)Nc1cccnc1NC(=O)c1c(C)noc1C. The van der Waals surface area contributed by atoms with Crippen molar-refractivity contribution >= 4 is 23.3 Å². The van der Waals surface area contributed by atoms with Gasteiger partial charge in [-0.15, -0.1) is 0 Å². The Morgan fingerprint density at radius 2 is 2.00 bits per heavy atom. The third-order valence-electron chi connectivity index (χ3n) is 2.61. The van der Waals surface area contributed by atoms with E-state index >= 15 is 0 Å². The van der Waals surface area contributed by atoms with Gasteiger partial charge < -0.3 is 15.2 Å². The van der Waals surface area contributed by atoms with Crippen LogP contribution in [0, 0.1) is 13.8 Å². The average Bonchev–Trinajstić information content (AvgIpc) is 2.71. The molecule has 2 amide bonds. The number of aromatic nitrogens is 2. The highest BCUT2D eigenvalue weighted by Gasteiger charge is 2.19. The third kappa shape index (κ3) is 2.82. The number of hydrogen-bond acceptors (Lipinski definition) is 5. The molecule has 2 heterocycles. The lowest BCUT2D eigenvalue weighted by atomic mass is 10.2. The van der Waals surface area contributed by atoms with Crippen LogP contribution in [0.1, 0.15) is 28.7 Å². The first-order chi connectivity index (χ1) is 9.49. The topological polar surface area (TPSA) is 97.1 Å². The summed E-state index contributed by atoms with van der Waals surface area (Å²) in [4.78, 5) is 27.3. The van der Waals surface area contributed by atoms with Gasteiger partial charge >= 0.3 is 0 Å². The monoisotopic (exact) mass is 274 g/mol. The second-order valence-corrected chi connectivity index (χ2v) is 4.23. The van der Waals surface area contributed by atoms with Crippen molar-refractivity contribution in [1.82, 2.24) is 10.1 Å². The predicted molar refractivity (Wildman–Crippen MR) is 72.5 cm³/mol. The summed E-state index contributed by atoms with van der Waals surface area (Å²) in [5.41, 5.74) is 1.29. The minimum Gasteiger partial charge on any atom is -0.361 e. The van der Waals surface area contributed by atoms with Crippen LogP contribution in [-0.2, 0) is 4.79 Å². The molecule has 0 saturated carbocycles. The van der Waals surface area contributed by atoms with Gasteiger partial charge in [0.2, 0.25) is 5.91 Å². The van der Waals surface area contributed by atoms with Crippen LogP contribution in [0.5, 0.6) is 0 Å². The first-order valence-electron chi connectivity index (χ1n) is 5.96. The number of aryl methyl sites for hydroxylation is 2. The van der Waals surface area contributed by atoms with Gasteiger partial charge in [-0.2, -0.15) is 0 Å². The highest BCUT2D eigenvalue weighted by atomic mass is 16.5. The summed E-state index contributed by atoms with van der Waals surface area (Å²) in [5, 5.41) is 8.96. The Morgan fingerprint density at radius 1 is 1.25 bits per heavy atom. The van der Waals surface area contributed by atoms with Crippen molar-refractivity contribution in [3.05, 3.63) is 35.3 Å². The lowest BCUT2D eigenvalue weighted by molar-refractivity contribution is -0.114. The molecule has 104 valence electrons.